The van der Waals surface area contributed by atoms with Gasteiger partial charge >= 0.3 is 5.97 Å². The third-order valence-electron chi connectivity index (χ3n) is 4.44. The standard InChI is InChI=1S/C19H30N2O4/c1-6-8-12-25-19(24)17(14(3)4)20(5)18(23)15-10-11-21(13-15)16(22)9-7-2/h14-15,17H,6,8,10-13H2,1-5H3/t15-,17-/m0/s1. The first-order valence-corrected chi connectivity index (χ1v) is 8.98. The molecule has 2 amide bonds. The largest absolute Gasteiger partial charge is 0.464 e. The summed E-state index contributed by atoms with van der Waals surface area (Å²) in [6.07, 6.45) is 2.35. The van der Waals surface area contributed by atoms with E-state index in [1.54, 1.807) is 18.9 Å². The van der Waals surface area contributed by atoms with Crippen LogP contribution in [0.2, 0.25) is 0 Å². The van der Waals surface area contributed by atoms with Gasteiger partial charge in [-0.1, -0.05) is 33.1 Å². The summed E-state index contributed by atoms with van der Waals surface area (Å²) in [5.41, 5.74) is 0. The van der Waals surface area contributed by atoms with Gasteiger partial charge in [0.15, 0.2) is 0 Å². The van der Waals surface area contributed by atoms with E-state index < -0.39 is 6.04 Å². The van der Waals surface area contributed by atoms with Crippen LogP contribution in [0.4, 0.5) is 0 Å². The summed E-state index contributed by atoms with van der Waals surface area (Å²) in [4.78, 5) is 40.1. The molecule has 0 aromatic carbocycles. The maximum absolute atomic E-state index is 12.8. The Morgan fingerprint density at radius 3 is 2.56 bits per heavy atom. The predicted molar refractivity (Wildman–Crippen MR) is 95.4 cm³/mol. The lowest BCUT2D eigenvalue weighted by molar-refractivity contribution is -0.157. The van der Waals surface area contributed by atoms with Crippen LogP contribution in [0, 0.1) is 23.7 Å². The van der Waals surface area contributed by atoms with E-state index in [0.29, 0.717) is 26.1 Å². The number of likely N-dealkylation sites (N-methyl/N-ethyl adjacent to an activating group) is 1. The molecular formula is C19H30N2O4. The number of likely N-dealkylation sites (tertiary alicyclic amines) is 1. The average molecular weight is 350 g/mol. The number of esters is 1. The van der Waals surface area contributed by atoms with Gasteiger partial charge in [-0.3, -0.25) is 9.59 Å². The van der Waals surface area contributed by atoms with Crippen LogP contribution in [0.5, 0.6) is 0 Å². The highest BCUT2D eigenvalue weighted by Crippen LogP contribution is 2.21. The zero-order valence-corrected chi connectivity index (χ0v) is 16.0. The van der Waals surface area contributed by atoms with Crippen molar-refractivity contribution in [2.24, 2.45) is 11.8 Å². The van der Waals surface area contributed by atoms with Crippen molar-refractivity contribution in [2.45, 2.75) is 53.0 Å². The molecule has 0 aliphatic carbocycles. The second-order valence-electron chi connectivity index (χ2n) is 6.77. The minimum Gasteiger partial charge on any atom is -0.464 e. The Morgan fingerprint density at radius 2 is 2.00 bits per heavy atom. The SMILES string of the molecule is CC#CC(=O)N1CC[C@H](C(=O)N(C)[C@H](C(=O)OCCCC)C(C)C)C1. The fraction of sp³-hybridized carbons (Fsp3) is 0.737. The average Bonchev–Trinajstić information content (AvgIpc) is 3.04. The minimum absolute atomic E-state index is 0.0480. The summed E-state index contributed by atoms with van der Waals surface area (Å²) in [7, 11) is 1.64. The summed E-state index contributed by atoms with van der Waals surface area (Å²) < 4.78 is 5.32. The van der Waals surface area contributed by atoms with Gasteiger partial charge in [0, 0.05) is 20.1 Å². The number of nitrogens with zero attached hydrogens (tertiary/aromatic N) is 2. The number of amides is 2. The summed E-state index contributed by atoms with van der Waals surface area (Å²) in [6.45, 7) is 8.69. The van der Waals surface area contributed by atoms with E-state index in [9.17, 15) is 14.4 Å². The number of rotatable bonds is 7. The highest BCUT2D eigenvalue weighted by molar-refractivity contribution is 5.94. The Labute approximate surface area is 150 Å². The molecule has 6 heteroatoms. The van der Waals surface area contributed by atoms with Gasteiger partial charge in [0.05, 0.1) is 12.5 Å². The van der Waals surface area contributed by atoms with Gasteiger partial charge < -0.3 is 14.5 Å². The summed E-state index contributed by atoms with van der Waals surface area (Å²) in [6, 6.07) is -0.607. The third kappa shape index (κ3) is 5.77. The maximum Gasteiger partial charge on any atom is 0.329 e. The number of unbranched alkanes of at least 4 members (excludes halogenated alkanes) is 1. The smallest absolute Gasteiger partial charge is 0.329 e. The van der Waals surface area contributed by atoms with Crippen molar-refractivity contribution >= 4 is 17.8 Å². The predicted octanol–water partition coefficient (Wildman–Crippen LogP) is 1.68. The van der Waals surface area contributed by atoms with Crippen LogP contribution in [0.15, 0.2) is 0 Å². The van der Waals surface area contributed by atoms with Crippen molar-refractivity contribution in [1.82, 2.24) is 9.80 Å². The molecular weight excluding hydrogens is 320 g/mol. The lowest BCUT2D eigenvalue weighted by atomic mass is 10.00. The second kappa shape index (κ2) is 10.1. The summed E-state index contributed by atoms with van der Waals surface area (Å²) in [5.74, 6) is 4.02. The van der Waals surface area contributed by atoms with Gasteiger partial charge in [0.2, 0.25) is 5.91 Å². The highest BCUT2D eigenvalue weighted by Gasteiger charge is 2.37. The van der Waals surface area contributed by atoms with Gasteiger partial charge in [-0.2, -0.15) is 0 Å². The van der Waals surface area contributed by atoms with Crippen LogP contribution in [0.1, 0.15) is 47.0 Å². The van der Waals surface area contributed by atoms with Crippen molar-refractivity contribution in [3.8, 4) is 11.8 Å². The zero-order valence-electron chi connectivity index (χ0n) is 16.0. The van der Waals surface area contributed by atoms with E-state index in [1.165, 1.54) is 4.90 Å². The van der Waals surface area contributed by atoms with Gasteiger partial charge in [0.25, 0.3) is 5.91 Å². The van der Waals surface area contributed by atoms with Crippen LogP contribution in [-0.4, -0.2) is 60.4 Å². The van der Waals surface area contributed by atoms with Crippen molar-refractivity contribution in [2.75, 3.05) is 26.7 Å². The molecule has 1 rings (SSSR count). The molecule has 1 fully saturated rings. The Kier molecular flexibility index (Phi) is 8.47. The molecule has 0 radical (unpaired) electrons. The summed E-state index contributed by atoms with van der Waals surface area (Å²) >= 11 is 0. The van der Waals surface area contributed by atoms with E-state index in [4.69, 9.17) is 4.74 Å². The lowest BCUT2D eigenvalue weighted by Gasteiger charge is -2.31. The third-order valence-corrected chi connectivity index (χ3v) is 4.44. The van der Waals surface area contributed by atoms with E-state index in [-0.39, 0.29) is 29.6 Å². The van der Waals surface area contributed by atoms with Crippen molar-refractivity contribution in [1.29, 1.82) is 0 Å². The molecule has 0 bridgehead atoms. The van der Waals surface area contributed by atoms with Gasteiger partial charge in [0.1, 0.15) is 6.04 Å². The monoisotopic (exact) mass is 350 g/mol. The molecule has 1 saturated heterocycles. The van der Waals surface area contributed by atoms with Crippen LogP contribution >= 0.6 is 0 Å². The number of hydrogen-bond donors (Lipinski definition) is 0. The molecule has 2 atom stereocenters. The molecule has 1 aliphatic rings. The first-order valence-electron chi connectivity index (χ1n) is 8.98. The zero-order chi connectivity index (χ0) is 19.0. The van der Waals surface area contributed by atoms with Crippen molar-refractivity contribution in [3.63, 3.8) is 0 Å². The van der Waals surface area contributed by atoms with Crippen LogP contribution < -0.4 is 0 Å². The van der Waals surface area contributed by atoms with Gasteiger partial charge in [-0.15, -0.1) is 0 Å². The van der Waals surface area contributed by atoms with E-state index in [1.807, 2.05) is 20.8 Å². The molecule has 0 aromatic heterocycles. The first-order chi connectivity index (χ1) is 11.8. The molecule has 0 unspecified atom stereocenters. The van der Waals surface area contributed by atoms with Crippen LogP contribution in [-0.2, 0) is 19.1 Å². The molecule has 1 heterocycles. The highest BCUT2D eigenvalue weighted by atomic mass is 16.5. The number of hydrogen-bond acceptors (Lipinski definition) is 4. The van der Waals surface area contributed by atoms with Crippen LogP contribution in [0.3, 0.4) is 0 Å². The van der Waals surface area contributed by atoms with Crippen molar-refractivity contribution < 1.29 is 19.1 Å². The van der Waals surface area contributed by atoms with E-state index >= 15 is 0 Å². The Morgan fingerprint density at radius 1 is 1.32 bits per heavy atom. The Balaban J connectivity index is 2.72. The fourth-order valence-corrected chi connectivity index (χ4v) is 3.04. The minimum atomic E-state index is -0.607. The van der Waals surface area contributed by atoms with E-state index in [0.717, 1.165) is 12.8 Å². The summed E-state index contributed by atoms with van der Waals surface area (Å²) in [5, 5.41) is 0. The fourth-order valence-electron chi connectivity index (χ4n) is 3.04. The number of ether oxygens (including phenoxy) is 1. The molecule has 0 spiro atoms. The Bertz CT molecular complexity index is 547. The van der Waals surface area contributed by atoms with Gasteiger partial charge in [-0.05, 0) is 31.6 Å². The van der Waals surface area contributed by atoms with Crippen molar-refractivity contribution in [3.05, 3.63) is 0 Å². The van der Waals surface area contributed by atoms with Crippen LogP contribution in [0.25, 0.3) is 0 Å². The molecule has 0 N–H and O–H groups in total. The van der Waals surface area contributed by atoms with E-state index in [2.05, 4.69) is 11.8 Å². The molecule has 25 heavy (non-hydrogen) atoms. The second-order valence-corrected chi connectivity index (χ2v) is 6.77. The van der Waals surface area contributed by atoms with Gasteiger partial charge in [-0.25, -0.2) is 4.79 Å². The quantitative estimate of drug-likeness (QED) is 0.398. The first kappa shape index (κ1) is 21.0. The molecule has 140 valence electrons. The molecule has 6 nitrogen and oxygen atoms in total. The number of carbonyl (C=O) groups excluding carboxylic acids is 3. The Hall–Kier alpha value is -2.03. The number of carbonyl (C=O) groups is 3. The molecule has 1 aliphatic heterocycles. The topological polar surface area (TPSA) is 66.9 Å². The molecule has 0 aromatic rings. The lowest BCUT2D eigenvalue weighted by Crippen LogP contribution is -2.49. The maximum atomic E-state index is 12.8. The normalized spacial score (nSPS) is 17.7. The molecule has 0 saturated carbocycles.